The van der Waals surface area contributed by atoms with Crippen molar-refractivity contribution in [2.24, 2.45) is 0 Å². The maximum atomic E-state index is 8.64. The zero-order chi connectivity index (χ0) is 10.9. The summed E-state index contributed by atoms with van der Waals surface area (Å²) in [7, 11) is 0. The minimum atomic E-state index is 0.329. The zero-order valence-corrected chi connectivity index (χ0v) is 9.87. The standard InChI is InChI=1S/C12H25NO2/c1-2-12-10-11(6-9-15-12)13-7-4-3-5-8-14/h11-14H,2-10H2,1H3. The number of unbranched alkanes of at least 4 members (excludes halogenated alkanes) is 2. The maximum absolute atomic E-state index is 8.64. The van der Waals surface area contributed by atoms with Crippen LogP contribution < -0.4 is 5.32 Å². The Labute approximate surface area is 93.2 Å². The van der Waals surface area contributed by atoms with Gasteiger partial charge < -0.3 is 15.2 Å². The minimum Gasteiger partial charge on any atom is -0.396 e. The predicted molar refractivity (Wildman–Crippen MR) is 62.0 cm³/mol. The van der Waals surface area contributed by atoms with Crippen molar-refractivity contribution in [3.8, 4) is 0 Å². The third kappa shape index (κ3) is 5.50. The van der Waals surface area contributed by atoms with Crippen molar-refractivity contribution in [1.82, 2.24) is 5.32 Å². The number of aliphatic hydroxyl groups excluding tert-OH is 1. The first-order valence-corrected chi connectivity index (χ1v) is 6.32. The highest BCUT2D eigenvalue weighted by atomic mass is 16.5. The van der Waals surface area contributed by atoms with Crippen LogP contribution in [0.1, 0.15) is 45.4 Å². The molecule has 2 unspecified atom stereocenters. The van der Waals surface area contributed by atoms with Gasteiger partial charge in [0.15, 0.2) is 0 Å². The molecule has 1 heterocycles. The monoisotopic (exact) mass is 215 g/mol. The molecule has 1 aliphatic heterocycles. The molecule has 1 aliphatic rings. The van der Waals surface area contributed by atoms with Gasteiger partial charge in [0.2, 0.25) is 0 Å². The summed E-state index contributed by atoms with van der Waals surface area (Å²) in [5.41, 5.74) is 0. The second-order valence-corrected chi connectivity index (χ2v) is 4.36. The van der Waals surface area contributed by atoms with E-state index in [1.807, 2.05) is 0 Å². The first kappa shape index (κ1) is 12.9. The van der Waals surface area contributed by atoms with E-state index in [0.717, 1.165) is 45.3 Å². The van der Waals surface area contributed by atoms with E-state index < -0.39 is 0 Å². The van der Waals surface area contributed by atoms with Gasteiger partial charge >= 0.3 is 0 Å². The van der Waals surface area contributed by atoms with Crippen LogP contribution in [0, 0.1) is 0 Å². The Hall–Kier alpha value is -0.120. The van der Waals surface area contributed by atoms with Crippen molar-refractivity contribution < 1.29 is 9.84 Å². The van der Waals surface area contributed by atoms with Gasteiger partial charge in [-0.15, -0.1) is 0 Å². The van der Waals surface area contributed by atoms with Crippen molar-refractivity contribution >= 4 is 0 Å². The molecule has 0 aromatic rings. The van der Waals surface area contributed by atoms with Gasteiger partial charge in [-0.25, -0.2) is 0 Å². The Morgan fingerprint density at radius 1 is 1.33 bits per heavy atom. The lowest BCUT2D eigenvalue weighted by molar-refractivity contribution is -0.00000651. The van der Waals surface area contributed by atoms with Crippen LogP contribution in [-0.2, 0) is 4.74 Å². The summed E-state index contributed by atoms with van der Waals surface area (Å²) >= 11 is 0. The molecule has 2 atom stereocenters. The van der Waals surface area contributed by atoms with Crippen molar-refractivity contribution in [3.05, 3.63) is 0 Å². The first-order valence-electron chi connectivity index (χ1n) is 6.32. The van der Waals surface area contributed by atoms with Crippen LogP contribution >= 0.6 is 0 Å². The van der Waals surface area contributed by atoms with E-state index in [1.165, 1.54) is 6.42 Å². The fourth-order valence-corrected chi connectivity index (χ4v) is 2.07. The summed E-state index contributed by atoms with van der Waals surface area (Å²) in [4.78, 5) is 0. The summed E-state index contributed by atoms with van der Waals surface area (Å²) < 4.78 is 5.63. The number of nitrogens with one attached hydrogen (secondary N) is 1. The lowest BCUT2D eigenvalue weighted by Gasteiger charge is -2.29. The molecule has 0 aromatic carbocycles. The Kier molecular flexibility index (Phi) is 6.98. The first-order chi connectivity index (χ1) is 7.36. The van der Waals surface area contributed by atoms with Gasteiger partial charge in [-0.05, 0) is 45.1 Å². The van der Waals surface area contributed by atoms with Gasteiger partial charge in [-0.1, -0.05) is 6.92 Å². The van der Waals surface area contributed by atoms with Gasteiger partial charge in [0, 0.05) is 19.3 Å². The molecule has 3 nitrogen and oxygen atoms in total. The molecule has 1 saturated heterocycles. The van der Waals surface area contributed by atoms with Gasteiger partial charge in [0.1, 0.15) is 0 Å². The fourth-order valence-electron chi connectivity index (χ4n) is 2.07. The normalized spacial score (nSPS) is 26.8. The molecule has 0 bridgehead atoms. The summed E-state index contributed by atoms with van der Waals surface area (Å²) in [5.74, 6) is 0. The summed E-state index contributed by atoms with van der Waals surface area (Å²) in [6.45, 7) is 4.51. The second-order valence-electron chi connectivity index (χ2n) is 4.36. The van der Waals surface area contributed by atoms with Crippen molar-refractivity contribution in [2.45, 2.75) is 57.6 Å². The predicted octanol–water partition coefficient (Wildman–Crippen LogP) is 1.70. The summed E-state index contributed by atoms with van der Waals surface area (Å²) in [5, 5.41) is 12.2. The van der Waals surface area contributed by atoms with E-state index in [9.17, 15) is 0 Å². The number of rotatable bonds is 7. The van der Waals surface area contributed by atoms with Crippen LogP contribution in [0.4, 0.5) is 0 Å². The van der Waals surface area contributed by atoms with Crippen LogP contribution in [0.15, 0.2) is 0 Å². The van der Waals surface area contributed by atoms with Gasteiger partial charge in [0.05, 0.1) is 6.10 Å². The minimum absolute atomic E-state index is 0.329. The van der Waals surface area contributed by atoms with Crippen molar-refractivity contribution in [3.63, 3.8) is 0 Å². The Bertz CT molecular complexity index is 153. The van der Waals surface area contributed by atoms with Crippen molar-refractivity contribution in [1.29, 1.82) is 0 Å². The number of aliphatic hydroxyl groups is 1. The van der Waals surface area contributed by atoms with E-state index in [2.05, 4.69) is 12.2 Å². The summed E-state index contributed by atoms with van der Waals surface area (Å²) in [6.07, 6.45) is 7.15. The van der Waals surface area contributed by atoms with E-state index in [0.29, 0.717) is 18.8 Å². The smallest absolute Gasteiger partial charge is 0.0587 e. The molecule has 90 valence electrons. The second kappa shape index (κ2) is 8.08. The van der Waals surface area contributed by atoms with Crippen molar-refractivity contribution in [2.75, 3.05) is 19.8 Å². The molecule has 0 spiro atoms. The SMILES string of the molecule is CCC1CC(NCCCCCO)CCO1. The highest BCUT2D eigenvalue weighted by molar-refractivity contribution is 4.75. The van der Waals surface area contributed by atoms with E-state index in [-0.39, 0.29) is 0 Å². The lowest BCUT2D eigenvalue weighted by Crippen LogP contribution is -2.39. The van der Waals surface area contributed by atoms with E-state index in [4.69, 9.17) is 9.84 Å². The van der Waals surface area contributed by atoms with Crippen LogP contribution in [0.25, 0.3) is 0 Å². The zero-order valence-electron chi connectivity index (χ0n) is 9.87. The molecule has 0 radical (unpaired) electrons. The Morgan fingerprint density at radius 3 is 2.93 bits per heavy atom. The maximum Gasteiger partial charge on any atom is 0.0587 e. The fraction of sp³-hybridized carbons (Fsp3) is 1.00. The van der Waals surface area contributed by atoms with Crippen LogP contribution in [-0.4, -0.2) is 37.0 Å². The molecule has 0 saturated carbocycles. The molecule has 1 fully saturated rings. The number of ether oxygens (including phenoxy) is 1. The molecule has 0 amide bonds. The molecule has 1 rings (SSSR count). The van der Waals surface area contributed by atoms with Crippen LogP contribution in [0.5, 0.6) is 0 Å². The lowest BCUT2D eigenvalue weighted by atomic mass is 10.0. The average Bonchev–Trinajstić information content (AvgIpc) is 2.29. The van der Waals surface area contributed by atoms with Gasteiger partial charge in [-0.2, -0.15) is 0 Å². The molecule has 0 aromatic heterocycles. The van der Waals surface area contributed by atoms with E-state index in [1.54, 1.807) is 0 Å². The van der Waals surface area contributed by atoms with Gasteiger partial charge in [-0.3, -0.25) is 0 Å². The highest BCUT2D eigenvalue weighted by Crippen LogP contribution is 2.16. The highest BCUT2D eigenvalue weighted by Gasteiger charge is 2.20. The molecule has 2 N–H and O–H groups in total. The Balaban J connectivity index is 2.00. The molecule has 3 heteroatoms. The van der Waals surface area contributed by atoms with Gasteiger partial charge in [0.25, 0.3) is 0 Å². The topological polar surface area (TPSA) is 41.5 Å². The Morgan fingerprint density at radius 2 is 2.20 bits per heavy atom. The quantitative estimate of drug-likeness (QED) is 0.635. The largest absolute Gasteiger partial charge is 0.396 e. The average molecular weight is 215 g/mol. The molecule has 0 aliphatic carbocycles. The number of hydrogen-bond donors (Lipinski definition) is 2. The van der Waals surface area contributed by atoms with E-state index >= 15 is 0 Å². The summed E-state index contributed by atoms with van der Waals surface area (Å²) in [6, 6.07) is 0.651. The molecule has 15 heavy (non-hydrogen) atoms. The number of hydrogen-bond acceptors (Lipinski definition) is 3. The molecular formula is C12H25NO2. The van der Waals surface area contributed by atoms with Crippen LogP contribution in [0.3, 0.4) is 0 Å². The molecular weight excluding hydrogens is 190 g/mol. The third-order valence-corrected chi connectivity index (χ3v) is 3.09. The van der Waals surface area contributed by atoms with Crippen LogP contribution in [0.2, 0.25) is 0 Å². The third-order valence-electron chi connectivity index (χ3n) is 3.09.